The van der Waals surface area contributed by atoms with Gasteiger partial charge in [0.2, 0.25) is 5.12 Å². The van der Waals surface area contributed by atoms with Gasteiger partial charge in [0.1, 0.15) is 17.8 Å². The standard InChI is InChI=1S/C8H6O2S/c9-8-5-6-3-1-2-4-7(6)10-11-8/h1-4H,5H2. The molecule has 0 aliphatic carbocycles. The molecule has 0 saturated carbocycles. The van der Waals surface area contributed by atoms with Crippen molar-refractivity contribution in [3.8, 4) is 5.75 Å². The maximum absolute atomic E-state index is 10.9. The molecule has 0 radical (unpaired) electrons. The lowest BCUT2D eigenvalue weighted by molar-refractivity contribution is -0.110. The Labute approximate surface area is 68.8 Å². The molecule has 0 unspecified atom stereocenters. The highest BCUT2D eigenvalue weighted by atomic mass is 32.2. The van der Waals surface area contributed by atoms with Gasteiger partial charge in [0.15, 0.2) is 0 Å². The molecule has 1 aromatic carbocycles. The maximum Gasteiger partial charge on any atom is 0.232 e. The second-order valence-corrected chi connectivity index (χ2v) is 3.11. The van der Waals surface area contributed by atoms with E-state index in [1.807, 2.05) is 24.3 Å². The van der Waals surface area contributed by atoms with E-state index in [0.29, 0.717) is 6.42 Å². The number of hydrogen-bond acceptors (Lipinski definition) is 3. The van der Waals surface area contributed by atoms with Gasteiger partial charge >= 0.3 is 0 Å². The monoisotopic (exact) mass is 166 g/mol. The van der Waals surface area contributed by atoms with Crippen molar-refractivity contribution in [2.24, 2.45) is 0 Å². The Balaban J connectivity index is 2.41. The van der Waals surface area contributed by atoms with Crippen LogP contribution in [0.3, 0.4) is 0 Å². The summed E-state index contributed by atoms with van der Waals surface area (Å²) in [7, 11) is 0. The van der Waals surface area contributed by atoms with E-state index < -0.39 is 0 Å². The van der Waals surface area contributed by atoms with Crippen LogP contribution in [0.15, 0.2) is 24.3 Å². The van der Waals surface area contributed by atoms with E-state index in [-0.39, 0.29) is 5.12 Å². The topological polar surface area (TPSA) is 26.3 Å². The van der Waals surface area contributed by atoms with Crippen molar-refractivity contribution in [1.82, 2.24) is 0 Å². The lowest BCUT2D eigenvalue weighted by Gasteiger charge is -2.12. The molecule has 0 atom stereocenters. The van der Waals surface area contributed by atoms with Crippen LogP contribution in [-0.2, 0) is 11.2 Å². The summed E-state index contributed by atoms with van der Waals surface area (Å²) < 4.78 is 5.10. The summed E-state index contributed by atoms with van der Waals surface area (Å²) in [5, 5.41) is 0.0729. The Kier molecular flexibility index (Phi) is 1.58. The van der Waals surface area contributed by atoms with Gasteiger partial charge in [-0.05, 0) is 6.07 Å². The number of para-hydroxylation sites is 1. The molecule has 1 heterocycles. The molecule has 0 saturated heterocycles. The average Bonchev–Trinajstić information content (AvgIpc) is 2.04. The second kappa shape index (κ2) is 2.58. The normalized spacial score (nSPS) is 15.5. The van der Waals surface area contributed by atoms with E-state index >= 15 is 0 Å². The number of fused-ring (bicyclic) bond motifs is 1. The predicted molar refractivity (Wildman–Crippen MR) is 43.4 cm³/mol. The minimum Gasteiger partial charge on any atom is -0.417 e. The summed E-state index contributed by atoms with van der Waals surface area (Å²) in [4.78, 5) is 10.9. The van der Waals surface area contributed by atoms with Crippen molar-refractivity contribution in [3.63, 3.8) is 0 Å². The molecule has 11 heavy (non-hydrogen) atoms. The summed E-state index contributed by atoms with van der Waals surface area (Å²) in [5.41, 5.74) is 0.983. The highest BCUT2D eigenvalue weighted by Crippen LogP contribution is 2.28. The van der Waals surface area contributed by atoms with Crippen molar-refractivity contribution in [1.29, 1.82) is 0 Å². The van der Waals surface area contributed by atoms with E-state index in [1.54, 1.807) is 0 Å². The lowest BCUT2D eigenvalue weighted by atomic mass is 10.1. The van der Waals surface area contributed by atoms with Gasteiger partial charge in [-0.3, -0.25) is 4.79 Å². The van der Waals surface area contributed by atoms with Crippen molar-refractivity contribution in [2.45, 2.75) is 6.42 Å². The number of hydrogen-bond donors (Lipinski definition) is 0. The van der Waals surface area contributed by atoms with Crippen LogP contribution < -0.4 is 4.18 Å². The predicted octanol–water partition coefficient (Wildman–Crippen LogP) is 1.80. The third-order valence-corrected chi connectivity index (χ3v) is 2.12. The Bertz CT molecular complexity index is 296. The minimum atomic E-state index is 0.0729. The molecule has 2 nitrogen and oxygen atoms in total. The van der Waals surface area contributed by atoms with Crippen LogP contribution in [-0.4, -0.2) is 5.12 Å². The van der Waals surface area contributed by atoms with Crippen molar-refractivity contribution in [3.05, 3.63) is 29.8 Å². The zero-order valence-electron chi connectivity index (χ0n) is 5.74. The van der Waals surface area contributed by atoms with Crippen LogP contribution in [0.4, 0.5) is 0 Å². The van der Waals surface area contributed by atoms with Gasteiger partial charge in [0.05, 0.1) is 0 Å². The van der Waals surface area contributed by atoms with E-state index in [4.69, 9.17) is 4.18 Å². The molecular formula is C8H6O2S. The summed E-state index contributed by atoms with van der Waals surface area (Å²) in [5.74, 6) is 0.817. The molecular weight excluding hydrogens is 160 g/mol. The van der Waals surface area contributed by atoms with Gasteiger partial charge < -0.3 is 4.18 Å². The van der Waals surface area contributed by atoms with Crippen molar-refractivity contribution in [2.75, 3.05) is 0 Å². The molecule has 3 heteroatoms. The van der Waals surface area contributed by atoms with E-state index in [0.717, 1.165) is 23.4 Å². The first-order chi connectivity index (χ1) is 5.36. The molecule has 56 valence electrons. The molecule has 1 aromatic rings. The van der Waals surface area contributed by atoms with Crippen LogP contribution in [0.2, 0.25) is 0 Å². The summed E-state index contributed by atoms with van der Waals surface area (Å²) in [6.07, 6.45) is 0.487. The molecule has 1 aliphatic rings. The Morgan fingerprint density at radius 1 is 1.36 bits per heavy atom. The highest BCUT2D eigenvalue weighted by molar-refractivity contribution is 8.09. The van der Waals surface area contributed by atoms with Crippen LogP contribution >= 0.6 is 12.0 Å². The van der Waals surface area contributed by atoms with Gasteiger partial charge in [-0.1, -0.05) is 18.2 Å². The van der Waals surface area contributed by atoms with Gasteiger partial charge in [0, 0.05) is 12.0 Å². The third kappa shape index (κ3) is 1.24. The number of rotatable bonds is 0. The van der Waals surface area contributed by atoms with E-state index in [2.05, 4.69) is 0 Å². The fourth-order valence-electron chi connectivity index (χ4n) is 1.01. The average molecular weight is 166 g/mol. The van der Waals surface area contributed by atoms with Crippen LogP contribution in [0.25, 0.3) is 0 Å². The second-order valence-electron chi connectivity index (χ2n) is 2.32. The zero-order valence-corrected chi connectivity index (χ0v) is 6.56. The largest absolute Gasteiger partial charge is 0.417 e. The molecule has 0 N–H and O–H groups in total. The molecule has 0 amide bonds. The Hall–Kier alpha value is -0.960. The van der Waals surface area contributed by atoms with E-state index in [9.17, 15) is 4.79 Å². The summed E-state index contributed by atoms with van der Waals surface area (Å²) >= 11 is 0.922. The van der Waals surface area contributed by atoms with Gasteiger partial charge in [-0.25, -0.2) is 0 Å². The molecule has 1 aliphatic heterocycles. The van der Waals surface area contributed by atoms with Crippen LogP contribution in [0.1, 0.15) is 5.56 Å². The first-order valence-electron chi connectivity index (χ1n) is 3.31. The number of carbonyl (C=O) groups excluding carboxylic acids is 1. The van der Waals surface area contributed by atoms with E-state index in [1.165, 1.54) is 0 Å². The fraction of sp³-hybridized carbons (Fsp3) is 0.125. The first kappa shape index (κ1) is 6.73. The SMILES string of the molecule is O=C1Cc2ccccc2OS1. The lowest BCUT2D eigenvalue weighted by Crippen LogP contribution is -2.07. The quantitative estimate of drug-likeness (QED) is 0.550. The fourth-order valence-corrected chi connectivity index (χ4v) is 1.57. The van der Waals surface area contributed by atoms with Crippen molar-refractivity contribution >= 4 is 17.2 Å². The highest BCUT2D eigenvalue weighted by Gasteiger charge is 2.16. The maximum atomic E-state index is 10.9. The van der Waals surface area contributed by atoms with Crippen LogP contribution in [0.5, 0.6) is 5.75 Å². The molecule has 0 bridgehead atoms. The third-order valence-electron chi connectivity index (χ3n) is 1.53. The van der Waals surface area contributed by atoms with Gasteiger partial charge in [0.25, 0.3) is 0 Å². The first-order valence-corrected chi connectivity index (χ1v) is 4.06. The number of benzene rings is 1. The van der Waals surface area contributed by atoms with Gasteiger partial charge in [-0.15, -0.1) is 0 Å². The summed E-state index contributed by atoms with van der Waals surface area (Å²) in [6, 6.07) is 7.59. The Morgan fingerprint density at radius 3 is 3.09 bits per heavy atom. The number of carbonyl (C=O) groups is 1. The zero-order chi connectivity index (χ0) is 7.68. The smallest absolute Gasteiger partial charge is 0.232 e. The minimum absolute atomic E-state index is 0.0729. The summed E-state index contributed by atoms with van der Waals surface area (Å²) in [6.45, 7) is 0. The van der Waals surface area contributed by atoms with Crippen molar-refractivity contribution < 1.29 is 8.98 Å². The van der Waals surface area contributed by atoms with Crippen LogP contribution in [0, 0.1) is 0 Å². The van der Waals surface area contributed by atoms with Gasteiger partial charge in [-0.2, -0.15) is 0 Å². The molecule has 0 spiro atoms. The molecule has 0 fully saturated rings. The Morgan fingerprint density at radius 2 is 2.18 bits per heavy atom. The molecule has 2 rings (SSSR count). The molecule has 0 aromatic heterocycles.